The summed E-state index contributed by atoms with van der Waals surface area (Å²) in [5.41, 5.74) is 0.460. The molecule has 0 radical (unpaired) electrons. The van der Waals surface area contributed by atoms with Gasteiger partial charge in [-0.25, -0.2) is 4.98 Å². The molecule has 1 N–H and O–H groups in total. The summed E-state index contributed by atoms with van der Waals surface area (Å²) < 4.78 is 0.835. The van der Waals surface area contributed by atoms with Crippen molar-refractivity contribution < 1.29 is 4.79 Å². The molecule has 2 aromatic rings. The minimum Gasteiger partial charge on any atom is -0.334 e. The van der Waals surface area contributed by atoms with Crippen molar-refractivity contribution in [2.45, 2.75) is 6.54 Å². The largest absolute Gasteiger partial charge is 0.334 e. The highest BCUT2D eigenvalue weighted by atomic mass is 79.9. The van der Waals surface area contributed by atoms with E-state index in [9.17, 15) is 4.79 Å². The number of nitrogens with one attached hydrogen (secondary N) is 1. The number of benzene rings is 1. The number of halogens is 2. The second-order valence-corrected chi connectivity index (χ2v) is 5.04. The number of hydrogen-bond donors (Lipinski definition) is 1. The number of aromatic amines is 1. The number of carbonyl (C=O) groups is 1. The van der Waals surface area contributed by atoms with E-state index in [0.29, 0.717) is 23.0 Å². The zero-order valence-electron chi connectivity index (χ0n) is 9.52. The molecule has 5 nitrogen and oxygen atoms in total. The highest BCUT2D eigenvalue weighted by Crippen LogP contribution is 2.22. The highest BCUT2D eigenvalue weighted by Gasteiger charge is 2.16. The van der Waals surface area contributed by atoms with Crippen LogP contribution in [0.25, 0.3) is 0 Å². The van der Waals surface area contributed by atoms with Gasteiger partial charge in [-0.2, -0.15) is 5.10 Å². The summed E-state index contributed by atoms with van der Waals surface area (Å²) in [5, 5.41) is 6.85. The Labute approximate surface area is 117 Å². The van der Waals surface area contributed by atoms with E-state index in [1.54, 1.807) is 25.2 Å². The lowest BCUT2D eigenvalue weighted by molar-refractivity contribution is 0.0782. The van der Waals surface area contributed by atoms with E-state index in [-0.39, 0.29) is 5.91 Å². The zero-order chi connectivity index (χ0) is 13.1. The first kappa shape index (κ1) is 13.0. The summed E-state index contributed by atoms with van der Waals surface area (Å²) in [6.45, 7) is 0.352. The van der Waals surface area contributed by atoms with Crippen molar-refractivity contribution in [1.82, 2.24) is 20.1 Å². The Morgan fingerprint density at radius 2 is 2.33 bits per heavy atom. The molecule has 0 aliphatic rings. The molecule has 1 heterocycles. The first-order chi connectivity index (χ1) is 8.58. The third kappa shape index (κ3) is 2.88. The molecule has 18 heavy (non-hydrogen) atoms. The molecule has 2 rings (SSSR count). The Kier molecular flexibility index (Phi) is 3.98. The lowest BCUT2D eigenvalue weighted by atomic mass is 10.2. The van der Waals surface area contributed by atoms with Gasteiger partial charge in [0.1, 0.15) is 12.2 Å². The van der Waals surface area contributed by atoms with Gasteiger partial charge >= 0.3 is 0 Å². The van der Waals surface area contributed by atoms with E-state index in [1.165, 1.54) is 11.2 Å². The van der Waals surface area contributed by atoms with Gasteiger partial charge in [-0.15, -0.1) is 0 Å². The number of rotatable bonds is 3. The molecule has 0 spiro atoms. The van der Waals surface area contributed by atoms with Crippen LogP contribution in [-0.4, -0.2) is 33.0 Å². The second-order valence-electron chi connectivity index (χ2n) is 3.72. The van der Waals surface area contributed by atoms with E-state index in [4.69, 9.17) is 11.6 Å². The fourth-order valence-electron chi connectivity index (χ4n) is 1.47. The third-order valence-corrected chi connectivity index (χ3v) is 3.17. The smallest absolute Gasteiger partial charge is 0.255 e. The van der Waals surface area contributed by atoms with Crippen molar-refractivity contribution >= 4 is 33.4 Å². The third-order valence-electron chi connectivity index (χ3n) is 2.36. The van der Waals surface area contributed by atoms with Gasteiger partial charge in [0, 0.05) is 11.5 Å². The van der Waals surface area contributed by atoms with Crippen molar-refractivity contribution in [3.05, 3.63) is 45.4 Å². The standard InChI is InChI=1S/C11H10BrClN4O/c1-17(5-10-14-6-15-16-10)11(18)8-3-2-7(12)4-9(8)13/h2-4,6H,5H2,1H3,(H,14,15,16). The van der Waals surface area contributed by atoms with Crippen LogP contribution in [0.2, 0.25) is 5.02 Å². The van der Waals surface area contributed by atoms with Gasteiger partial charge in [-0.3, -0.25) is 9.89 Å². The number of H-pyrrole nitrogens is 1. The molecule has 0 bridgehead atoms. The van der Waals surface area contributed by atoms with Gasteiger partial charge in [0.05, 0.1) is 17.1 Å². The van der Waals surface area contributed by atoms with Gasteiger partial charge in [0.2, 0.25) is 0 Å². The predicted octanol–water partition coefficient (Wildman–Crippen LogP) is 2.49. The van der Waals surface area contributed by atoms with Crippen molar-refractivity contribution in [2.75, 3.05) is 7.05 Å². The minimum absolute atomic E-state index is 0.163. The molecular weight excluding hydrogens is 320 g/mol. The van der Waals surface area contributed by atoms with Crippen LogP contribution in [0.15, 0.2) is 29.0 Å². The van der Waals surface area contributed by atoms with Crippen LogP contribution in [0, 0.1) is 0 Å². The lowest BCUT2D eigenvalue weighted by Crippen LogP contribution is -2.27. The molecule has 0 aliphatic carbocycles. The van der Waals surface area contributed by atoms with Crippen LogP contribution < -0.4 is 0 Å². The SMILES string of the molecule is CN(Cc1ncn[nH]1)C(=O)c1ccc(Br)cc1Cl. The molecule has 7 heteroatoms. The summed E-state index contributed by atoms with van der Waals surface area (Å²) in [4.78, 5) is 17.7. The normalized spacial score (nSPS) is 10.4. The lowest BCUT2D eigenvalue weighted by Gasteiger charge is -2.16. The average Bonchev–Trinajstić information content (AvgIpc) is 2.81. The van der Waals surface area contributed by atoms with E-state index in [2.05, 4.69) is 31.1 Å². The van der Waals surface area contributed by atoms with E-state index in [1.807, 2.05) is 0 Å². The number of nitrogens with zero attached hydrogens (tertiary/aromatic N) is 3. The highest BCUT2D eigenvalue weighted by molar-refractivity contribution is 9.10. The Bertz CT molecular complexity index is 558. The first-order valence-corrected chi connectivity index (χ1v) is 6.30. The van der Waals surface area contributed by atoms with Gasteiger partial charge in [0.25, 0.3) is 5.91 Å². The number of hydrogen-bond acceptors (Lipinski definition) is 3. The molecule has 0 saturated heterocycles. The maximum absolute atomic E-state index is 12.2. The quantitative estimate of drug-likeness (QED) is 0.941. The molecule has 1 aromatic heterocycles. The minimum atomic E-state index is -0.163. The molecule has 1 amide bonds. The maximum atomic E-state index is 12.2. The van der Waals surface area contributed by atoms with Crippen LogP contribution in [-0.2, 0) is 6.54 Å². The van der Waals surface area contributed by atoms with Crippen LogP contribution in [0.4, 0.5) is 0 Å². The molecule has 1 aromatic carbocycles. The molecule has 0 atom stereocenters. The Balaban J connectivity index is 2.15. The second kappa shape index (κ2) is 5.49. The van der Waals surface area contributed by atoms with Crippen molar-refractivity contribution in [1.29, 1.82) is 0 Å². The Morgan fingerprint density at radius 1 is 1.56 bits per heavy atom. The van der Waals surface area contributed by atoms with Gasteiger partial charge < -0.3 is 4.90 Å². The van der Waals surface area contributed by atoms with Crippen LogP contribution in [0.5, 0.6) is 0 Å². The van der Waals surface area contributed by atoms with Crippen LogP contribution >= 0.6 is 27.5 Å². The van der Waals surface area contributed by atoms with Gasteiger partial charge in [-0.1, -0.05) is 27.5 Å². The number of amides is 1. The number of carbonyl (C=O) groups excluding carboxylic acids is 1. The van der Waals surface area contributed by atoms with Crippen LogP contribution in [0.3, 0.4) is 0 Å². The fraction of sp³-hybridized carbons (Fsp3) is 0.182. The summed E-state index contributed by atoms with van der Waals surface area (Å²) in [5.74, 6) is 0.461. The average molecular weight is 330 g/mol. The summed E-state index contributed by atoms with van der Waals surface area (Å²) >= 11 is 9.34. The van der Waals surface area contributed by atoms with E-state index < -0.39 is 0 Å². The van der Waals surface area contributed by atoms with Crippen molar-refractivity contribution in [3.8, 4) is 0 Å². The van der Waals surface area contributed by atoms with Gasteiger partial charge in [0.15, 0.2) is 0 Å². The molecule has 0 fully saturated rings. The maximum Gasteiger partial charge on any atom is 0.255 e. The van der Waals surface area contributed by atoms with Crippen molar-refractivity contribution in [2.24, 2.45) is 0 Å². The zero-order valence-corrected chi connectivity index (χ0v) is 11.9. The monoisotopic (exact) mass is 328 g/mol. The van der Waals surface area contributed by atoms with E-state index in [0.717, 1.165) is 4.47 Å². The van der Waals surface area contributed by atoms with E-state index >= 15 is 0 Å². The first-order valence-electron chi connectivity index (χ1n) is 5.12. The number of aromatic nitrogens is 3. The topological polar surface area (TPSA) is 61.9 Å². The van der Waals surface area contributed by atoms with Crippen LogP contribution in [0.1, 0.15) is 16.2 Å². The fourth-order valence-corrected chi connectivity index (χ4v) is 2.23. The van der Waals surface area contributed by atoms with Crippen molar-refractivity contribution in [3.63, 3.8) is 0 Å². The van der Waals surface area contributed by atoms with Gasteiger partial charge in [-0.05, 0) is 18.2 Å². The Hall–Kier alpha value is -1.40. The molecule has 0 unspecified atom stereocenters. The Morgan fingerprint density at radius 3 is 2.94 bits per heavy atom. The summed E-state index contributed by atoms with van der Waals surface area (Å²) in [6.07, 6.45) is 1.40. The molecular formula is C11H10BrClN4O. The predicted molar refractivity (Wildman–Crippen MR) is 71.3 cm³/mol. The summed E-state index contributed by atoms with van der Waals surface area (Å²) in [7, 11) is 1.68. The summed E-state index contributed by atoms with van der Waals surface area (Å²) in [6, 6.07) is 5.16. The molecule has 0 saturated carbocycles. The molecule has 0 aliphatic heterocycles. The molecule has 94 valence electrons.